The fourth-order valence-electron chi connectivity index (χ4n) is 4.22. The van der Waals surface area contributed by atoms with Gasteiger partial charge in [0.1, 0.15) is 5.54 Å². The van der Waals surface area contributed by atoms with Gasteiger partial charge in [-0.05, 0) is 66.1 Å². The highest BCUT2D eigenvalue weighted by Gasteiger charge is 2.57. The Hall–Kier alpha value is -1.44. The lowest BCUT2D eigenvalue weighted by molar-refractivity contribution is -0.160. The number of likely N-dealkylation sites (tertiary alicyclic amines) is 1. The highest BCUT2D eigenvalue weighted by Crippen LogP contribution is 2.43. The summed E-state index contributed by atoms with van der Waals surface area (Å²) in [6.07, 6.45) is 2.31. The number of esters is 1. The van der Waals surface area contributed by atoms with E-state index in [1.54, 1.807) is 18.2 Å². The van der Waals surface area contributed by atoms with Crippen LogP contribution in [0.4, 0.5) is 0 Å². The number of nitrogens with one attached hydrogen (secondary N) is 1. The number of rotatable bonds is 7. The van der Waals surface area contributed by atoms with Crippen LogP contribution >= 0.6 is 0 Å². The third-order valence-electron chi connectivity index (χ3n) is 5.79. The Kier molecular flexibility index (Phi) is 6.63. The van der Waals surface area contributed by atoms with E-state index in [2.05, 4.69) is 9.62 Å². The number of carbonyl (C=O) groups excluding carboxylic acids is 1. The molecule has 0 bridgehead atoms. The van der Waals surface area contributed by atoms with Crippen LogP contribution in [0.5, 0.6) is 0 Å². The number of nitrogens with zero attached hydrogens (tertiary/aromatic N) is 1. The van der Waals surface area contributed by atoms with E-state index in [4.69, 9.17) is 4.74 Å². The molecule has 1 aliphatic heterocycles. The zero-order valence-corrected chi connectivity index (χ0v) is 18.7. The number of hydrogen-bond donors (Lipinski definition) is 1. The van der Waals surface area contributed by atoms with Crippen LogP contribution in [0.1, 0.15) is 60.3 Å². The summed E-state index contributed by atoms with van der Waals surface area (Å²) in [7, 11) is -1.87. The second-order valence-corrected chi connectivity index (χ2v) is 10.7. The Morgan fingerprint density at radius 3 is 2.14 bits per heavy atom. The highest BCUT2D eigenvalue weighted by molar-refractivity contribution is 7.89. The molecule has 0 unspecified atom stereocenters. The standard InChI is InChI=1S/C21H34N2O4S/c1-7-8-14-27-18(24)21(15-19(2,3)23(6)20(4,5)16-21)22-28(25,26)17-12-10-9-11-13-17/h9-13,22H,7-8,14-16H2,1-6H3. The Balaban J connectivity index is 2.47. The average molecular weight is 411 g/mol. The van der Waals surface area contributed by atoms with Crippen molar-refractivity contribution < 1.29 is 17.9 Å². The zero-order valence-electron chi connectivity index (χ0n) is 17.9. The van der Waals surface area contributed by atoms with Crippen LogP contribution < -0.4 is 4.72 Å². The third-order valence-corrected chi connectivity index (χ3v) is 7.34. The van der Waals surface area contributed by atoms with E-state index in [1.807, 2.05) is 41.7 Å². The summed E-state index contributed by atoms with van der Waals surface area (Å²) in [6.45, 7) is 10.4. The molecule has 0 spiro atoms. The largest absolute Gasteiger partial charge is 0.464 e. The number of benzene rings is 1. The molecule has 158 valence electrons. The van der Waals surface area contributed by atoms with Crippen LogP contribution in [0.2, 0.25) is 0 Å². The average Bonchev–Trinajstić information content (AvgIpc) is 2.59. The predicted molar refractivity (Wildman–Crippen MR) is 111 cm³/mol. The second-order valence-electron chi connectivity index (χ2n) is 9.03. The maximum Gasteiger partial charge on any atom is 0.327 e. The van der Waals surface area contributed by atoms with Crippen LogP contribution in [-0.4, -0.2) is 49.6 Å². The molecule has 0 atom stereocenters. The molecule has 0 radical (unpaired) electrons. The Labute approximate surface area is 169 Å². The van der Waals surface area contributed by atoms with Crippen molar-refractivity contribution in [2.24, 2.45) is 0 Å². The van der Waals surface area contributed by atoms with Crippen molar-refractivity contribution in [1.29, 1.82) is 0 Å². The van der Waals surface area contributed by atoms with E-state index >= 15 is 0 Å². The molecule has 1 heterocycles. The molecule has 1 N–H and O–H groups in total. The summed E-state index contributed by atoms with van der Waals surface area (Å²) in [6, 6.07) is 8.16. The van der Waals surface area contributed by atoms with Crippen LogP contribution in [0.25, 0.3) is 0 Å². The number of hydrogen-bond acceptors (Lipinski definition) is 5. The molecule has 1 aliphatic rings. The fraction of sp³-hybridized carbons (Fsp3) is 0.667. The smallest absolute Gasteiger partial charge is 0.327 e. The van der Waals surface area contributed by atoms with Crippen LogP contribution in [0.3, 0.4) is 0 Å². The highest BCUT2D eigenvalue weighted by atomic mass is 32.2. The van der Waals surface area contributed by atoms with Gasteiger partial charge in [-0.2, -0.15) is 4.72 Å². The molecule has 1 aromatic carbocycles. The third kappa shape index (κ3) is 4.75. The molecule has 0 aromatic heterocycles. The summed E-state index contributed by atoms with van der Waals surface area (Å²) in [4.78, 5) is 15.6. The molecule has 1 aromatic rings. The fourth-order valence-corrected chi connectivity index (χ4v) is 5.59. The van der Waals surface area contributed by atoms with Crippen molar-refractivity contribution in [2.75, 3.05) is 13.7 Å². The van der Waals surface area contributed by atoms with Gasteiger partial charge < -0.3 is 4.74 Å². The van der Waals surface area contributed by atoms with Crippen molar-refractivity contribution in [1.82, 2.24) is 9.62 Å². The van der Waals surface area contributed by atoms with Gasteiger partial charge in [0, 0.05) is 11.1 Å². The van der Waals surface area contributed by atoms with Gasteiger partial charge in [0.2, 0.25) is 10.0 Å². The van der Waals surface area contributed by atoms with E-state index in [0.717, 1.165) is 12.8 Å². The van der Waals surface area contributed by atoms with Crippen molar-refractivity contribution in [2.45, 2.75) is 81.8 Å². The van der Waals surface area contributed by atoms with Crippen molar-refractivity contribution in [3.63, 3.8) is 0 Å². The van der Waals surface area contributed by atoms with E-state index in [9.17, 15) is 13.2 Å². The minimum Gasteiger partial charge on any atom is -0.464 e. The number of piperidine rings is 1. The summed E-state index contributed by atoms with van der Waals surface area (Å²) in [5.74, 6) is -0.491. The van der Waals surface area contributed by atoms with Gasteiger partial charge in [0.15, 0.2) is 0 Å². The van der Waals surface area contributed by atoms with Crippen LogP contribution in [0, 0.1) is 0 Å². The van der Waals surface area contributed by atoms with E-state index in [-0.39, 0.29) is 4.90 Å². The zero-order chi connectivity index (χ0) is 21.2. The van der Waals surface area contributed by atoms with Gasteiger partial charge in [-0.15, -0.1) is 0 Å². The van der Waals surface area contributed by atoms with Crippen molar-refractivity contribution in [3.8, 4) is 0 Å². The van der Waals surface area contributed by atoms with Crippen molar-refractivity contribution >= 4 is 16.0 Å². The molecular formula is C21H34N2O4S. The number of carbonyl (C=O) groups is 1. The number of ether oxygens (including phenoxy) is 1. The summed E-state index contributed by atoms with van der Waals surface area (Å²) >= 11 is 0. The van der Waals surface area contributed by atoms with E-state index in [1.165, 1.54) is 12.1 Å². The van der Waals surface area contributed by atoms with E-state index in [0.29, 0.717) is 19.4 Å². The van der Waals surface area contributed by atoms with Crippen LogP contribution in [-0.2, 0) is 19.6 Å². The Morgan fingerprint density at radius 2 is 1.64 bits per heavy atom. The first-order chi connectivity index (χ1) is 12.9. The summed E-state index contributed by atoms with van der Waals surface area (Å²) in [5, 5.41) is 0. The molecular weight excluding hydrogens is 376 g/mol. The van der Waals surface area contributed by atoms with Gasteiger partial charge in [0.25, 0.3) is 0 Å². The Bertz CT molecular complexity index is 770. The molecule has 28 heavy (non-hydrogen) atoms. The van der Waals surface area contributed by atoms with Gasteiger partial charge in [-0.3, -0.25) is 9.69 Å². The first kappa shape index (κ1) is 22.8. The minimum absolute atomic E-state index is 0.144. The number of sulfonamides is 1. The molecule has 6 nitrogen and oxygen atoms in total. The SMILES string of the molecule is CCCCOC(=O)C1(NS(=O)(=O)c2ccccc2)CC(C)(C)N(C)C(C)(C)C1. The van der Waals surface area contributed by atoms with Gasteiger partial charge in [0.05, 0.1) is 11.5 Å². The Morgan fingerprint density at radius 1 is 1.11 bits per heavy atom. The summed E-state index contributed by atoms with van der Waals surface area (Å²) < 4.78 is 34.5. The molecule has 0 amide bonds. The minimum atomic E-state index is -3.88. The molecule has 2 rings (SSSR count). The molecule has 1 saturated heterocycles. The lowest BCUT2D eigenvalue weighted by Gasteiger charge is -2.57. The lowest BCUT2D eigenvalue weighted by Crippen LogP contribution is -2.71. The monoisotopic (exact) mass is 410 g/mol. The first-order valence-corrected chi connectivity index (χ1v) is 11.3. The second kappa shape index (κ2) is 8.13. The van der Waals surface area contributed by atoms with Crippen molar-refractivity contribution in [3.05, 3.63) is 30.3 Å². The van der Waals surface area contributed by atoms with Gasteiger partial charge >= 0.3 is 5.97 Å². The molecule has 0 aliphatic carbocycles. The lowest BCUT2D eigenvalue weighted by atomic mass is 9.70. The van der Waals surface area contributed by atoms with E-state index < -0.39 is 32.6 Å². The predicted octanol–water partition coefficient (Wildman–Crippen LogP) is 3.33. The van der Waals surface area contributed by atoms with Gasteiger partial charge in [-0.25, -0.2) is 8.42 Å². The quantitative estimate of drug-likeness (QED) is 0.551. The molecule has 1 fully saturated rings. The maximum absolute atomic E-state index is 13.2. The topological polar surface area (TPSA) is 75.7 Å². The maximum atomic E-state index is 13.2. The normalized spacial score (nSPS) is 21.2. The number of unbranched alkanes of at least 4 members (excludes halogenated alkanes) is 1. The molecule has 7 heteroatoms. The summed E-state index contributed by atoms with van der Waals surface area (Å²) in [5.41, 5.74) is -2.11. The first-order valence-electron chi connectivity index (χ1n) is 9.86. The van der Waals surface area contributed by atoms with Crippen LogP contribution in [0.15, 0.2) is 35.2 Å². The molecule has 0 saturated carbocycles. The van der Waals surface area contributed by atoms with Gasteiger partial charge in [-0.1, -0.05) is 31.5 Å².